The largest absolute Gasteiger partial charge is 0.440 e. The van der Waals surface area contributed by atoms with Crippen molar-refractivity contribution >= 4 is 21.1 Å². The second-order valence-corrected chi connectivity index (χ2v) is 6.73. The first kappa shape index (κ1) is 14.7. The summed E-state index contributed by atoms with van der Waals surface area (Å²) < 4.78 is 32.5. The molecule has 0 bridgehead atoms. The summed E-state index contributed by atoms with van der Waals surface area (Å²) in [4.78, 5) is 8.33. The highest BCUT2D eigenvalue weighted by Gasteiger charge is 2.18. The van der Waals surface area contributed by atoms with E-state index in [1.807, 2.05) is 31.2 Å². The molecule has 0 fully saturated rings. The van der Waals surface area contributed by atoms with Gasteiger partial charge in [-0.1, -0.05) is 19.1 Å². The fraction of sp³-hybridized carbons (Fsp3) is 0.200. The zero-order valence-electron chi connectivity index (χ0n) is 11.9. The van der Waals surface area contributed by atoms with Crippen LogP contribution in [0.2, 0.25) is 0 Å². The Hall–Kier alpha value is -2.25. The molecular weight excluding hydrogens is 302 g/mol. The maximum absolute atomic E-state index is 12.1. The maximum Gasteiger partial charge on any atom is 0.242 e. The zero-order valence-corrected chi connectivity index (χ0v) is 12.7. The molecule has 2 heterocycles. The van der Waals surface area contributed by atoms with Gasteiger partial charge in [0, 0.05) is 24.9 Å². The highest BCUT2D eigenvalue weighted by molar-refractivity contribution is 7.89. The van der Waals surface area contributed by atoms with Crippen LogP contribution in [0.25, 0.3) is 11.1 Å². The molecule has 7 heteroatoms. The number of pyridine rings is 1. The maximum atomic E-state index is 12.1. The van der Waals surface area contributed by atoms with E-state index in [0.717, 1.165) is 5.52 Å². The predicted molar refractivity (Wildman–Crippen MR) is 81.8 cm³/mol. The molecule has 3 aromatic rings. The van der Waals surface area contributed by atoms with Gasteiger partial charge in [-0.2, -0.15) is 0 Å². The molecule has 0 unspecified atom stereocenters. The quantitative estimate of drug-likeness (QED) is 0.780. The van der Waals surface area contributed by atoms with Crippen LogP contribution >= 0.6 is 0 Å². The van der Waals surface area contributed by atoms with E-state index in [9.17, 15) is 8.42 Å². The van der Waals surface area contributed by atoms with Gasteiger partial charge in [0.15, 0.2) is 11.5 Å². The summed E-state index contributed by atoms with van der Waals surface area (Å²) >= 11 is 0. The number of rotatable bonds is 5. The molecule has 0 spiro atoms. The van der Waals surface area contributed by atoms with Crippen molar-refractivity contribution in [3.8, 4) is 0 Å². The van der Waals surface area contributed by atoms with Crippen LogP contribution < -0.4 is 4.72 Å². The molecule has 3 rings (SSSR count). The highest BCUT2D eigenvalue weighted by Crippen LogP contribution is 2.21. The molecule has 2 aromatic heterocycles. The van der Waals surface area contributed by atoms with E-state index >= 15 is 0 Å². The Kier molecular flexibility index (Phi) is 3.91. The van der Waals surface area contributed by atoms with Crippen LogP contribution in [0.5, 0.6) is 0 Å². The van der Waals surface area contributed by atoms with E-state index in [0.29, 0.717) is 11.5 Å². The number of nitrogens with zero attached hydrogens (tertiary/aromatic N) is 2. The monoisotopic (exact) mass is 317 g/mol. The summed E-state index contributed by atoms with van der Waals surface area (Å²) in [5, 5.41) is 0. The summed E-state index contributed by atoms with van der Waals surface area (Å²) in [5.74, 6) is 0.328. The van der Waals surface area contributed by atoms with Gasteiger partial charge >= 0.3 is 0 Å². The van der Waals surface area contributed by atoms with Crippen molar-refractivity contribution in [2.24, 2.45) is 0 Å². The van der Waals surface area contributed by atoms with Crippen LogP contribution in [-0.2, 0) is 10.0 Å². The first-order valence-electron chi connectivity index (χ1n) is 6.81. The van der Waals surface area contributed by atoms with Gasteiger partial charge in [0.05, 0.1) is 0 Å². The number of sulfonamides is 1. The minimum Gasteiger partial charge on any atom is -0.440 e. The SMILES string of the molecule is C[C@@H](CNS(=O)(=O)c1cccnc1)c1nc2ccccc2o1. The Labute approximate surface area is 128 Å². The standard InChI is InChI=1S/C15H15N3O3S/c1-11(15-18-13-6-2-3-7-14(13)21-15)9-17-22(19,20)12-5-4-8-16-10-12/h2-8,10-11,17H,9H2,1H3/t11-/m0/s1. The molecule has 0 saturated heterocycles. The van der Waals surface area contributed by atoms with Crippen molar-refractivity contribution in [2.45, 2.75) is 17.7 Å². The van der Waals surface area contributed by atoms with Crippen LogP contribution in [0, 0.1) is 0 Å². The van der Waals surface area contributed by atoms with Crippen molar-refractivity contribution in [1.82, 2.24) is 14.7 Å². The topological polar surface area (TPSA) is 85.1 Å². The van der Waals surface area contributed by atoms with Crippen LogP contribution in [0.15, 0.2) is 58.1 Å². The van der Waals surface area contributed by atoms with Gasteiger partial charge in [-0.3, -0.25) is 4.98 Å². The number of aromatic nitrogens is 2. The first-order valence-corrected chi connectivity index (χ1v) is 8.30. The number of hydrogen-bond acceptors (Lipinski definition) is 5. The van der Waals surface area contributed by atoms with E-state index in [-0.39, 0.29) is 17.4 Å². The lowest BCUT2D eigenvalue weighted by molar-refractivity contribution is 0.480. The van der Waals surface area contributed by atoms with Gasteiger partial charge < -0.3 is 4.42 Å². The van der Waals surface area contributed by atoms with Crippen LogP contribution in [0.4, 0.5) is 0 Å². The second-order valence-electron chi connectivity index (χ2n) is 4.96. The summed E-state index contributed by atoms with van der Waals surface area (Å²) in [6, 6.07) is 10.5. The first-order chi connectivity index (χ1) is 10.6. The molecule has 0 amide bonds. The number of fused-ring (bicyclic) bond motifs is 1. The number of oxazole rings is 1. The van der Waals surface area contributed by atoms with Gasteiger partial charge in [0.2, 0.25) is 10.0 Å². The lowest BCUT2D eigenvalue weighted by Gasteiger charge is -2.09. The van der Waals surface area contributed by atoms with Crippen LogP contribution in [0.3, 0.4) is 0 Å². The lowest BCUT2D eigenvalue weighted by atomic mass is 10.2. The Bertz CT molecular complexity index is 842. The summed E-state index contributed by atoms with van der Waals surface area (Å²) in [7, 11) is -3.58. The second kappa shape index (κ2) is 5.86. The number of benzene rings is 1. The van der Waals surface area contributed by atoms with Crippen molar-refractivity contribution in [3.63, 3.8) is 0 Å². The molecule has 0 radical (unpaired) electrons. The third-order valence-electron chi connectivity index (χ3n) is 3.26. The number of nitrogens with one attached hydrogen (secondary N) is 1. The Morgan fingerprint density at radius 3 is 2.77 bits per heavy atom. The molecular formula is C15H15N3O3S. The molecule has 0 aliphatic carbocycles. The highest BCUT2D eigenvalue weighted by atomic mass is 32.2. The average Bonchev–Trinajstić information content (AvgIpc) is 2.98. The minimum absolute atomic E-state index is 0.139. The molecule has 0 aliphatic rings. The molecule has 1 aromatic carbocycles. The van der Waals surface area contributed by atoms with Gasteiger partial charge in [-0.15, -0.1) is 0 Å². The predicted octanol–water partition coefficient (Wildman–Crippen LogP) is 2.30. The fourth-order valence-corrected chi connectivity index (χ4v) is 3.11. The van der Waals surface area contributed by atoms with Crippen LogP contribution in [0.1, 0.15) is 18.7 Å². The molecule has 22 heavy (non-hydrogen) atoms. The van der Waals surface area contributed by atoms with Crippen molar-refractivity contribution in [1.29, 1.82) is 0 Å². The number of para-hydroxylation sites is 2. The third-order valence-corrected chi connectivity index (χ3v) is 4.67. The molecule has 1 N–H and O–H groups in total. The van der Waals surface area contributed by atoms with Crippen molar-refractivity contribution in [2.75, 3.05) is 6.54 Å². The normalized spacial score (nSPS) is 13.3. The average molecular weight is 317 g/mol. The van der Waals surface area contributed by atoms with Crippen LogP contribution in [-0.4, -0.2) is 24.9 Å². The molecule has 0 aliphatic heterocycles. The Morgan fingerprint density at radius 1 is 1.23 bits per heavy atom. The molecule has 6 nitrogen and oxygen atoms in total. The van der Waals surface area contributed by atoms with Crippen molar-refractivity contribution in [3.05, 3.63) is 54.7 Å². The van der Waals surface area contributed by atoms with Gasteiger partial charge in [-0.05, 0) is 24.3 Å². The summed E-state index contributed by atoms with van der Waals surface area (Å²) in [6.07, 6.45) is 2.84. The van der Waals surface area contributed by atoms with Gasteiger partial charge in [0.1, 0.15) is 10.4 Å². The smallest absolute Gasteiger partial charge is 0.242 e. The minimum atomic E-state index is -3.58. The van der Waals surface area contributed by atoms with E-state index in [1.165, 1.54) is 18.5 Å². The van der Waals surface area contributed by atoms with Gasteiger partial charge in [-0.25, -0.2) is 18.1 Å². The lowest BCUT2D eigenvalue weighted by Crippen LogP contribution is -2.27. The Morgan fingerprint density at radius 2 is 2.05 bits per heavy atom. The van der Waals surface area contributed by atoms with Gasteiger partial charge in [0.25, 0.3) is 0 Å². The molecule has 1 atom stereocenters. The third kappa shape index (κ3) is 3.00. The zero-order chi connectivity index (χ0) is 15.6. The molecule has 0 saturated carbocycles. The number of hydrogen-bond donors (Lipinski definition) is 1. The van der Waals surface area contributed by atoms with E-state index in [2.05, 4.69) is 14.7 Å². The van der Waals surface area contributed by atoms with E-state index in [4.69, 9.17) is 4.42 Å². The van der Waals surface area contributed by atoms with E-state index < -0.39 is 10.0 Å². The fourth-order valence-electron chi connectivity index (χ4n) is 2.01. The van der Waals surface area contributed by atoms with E-state index in [1.54, 1.807) is 6.07 Å². The summed E-state index contributed by atoms with van der Waals surface area (Å²) in [6.45, 7) is 2.06. The molecule has 114 valence electrons. The Balaban J connectivity index is 1.73. The van der Waals surface area contributed by atoms with Crippen molar-refractivity contribution < 1.29 is 12.8 Å². The summed E-state index contributed by atoms with van der Waals surface area (Å²) in [5.41, 5.74) is 1.46.